The number of nitrogens with two attached hydrogens (primary N) is 1. The van der Waals surface area contributed by atoms with Crippen LogP contribution in [0.4, 0.5) is 8.78 Å². The number of ether oxygens (including phenoxy) is 2. The van der Waals surface area contributed by atoms with Crippen LogP contribution >= 0.6 is 0 Å². The first kappa shape index (κ1) is 16.0. The molecule has 1 aromatic carbocycles. The molecule has 0 bridgehead atoms. The second-order valence-corrected chi connectivity index (χ2v) is 4.35. The Morgan fingerprint density at radius 3 is 2.42 bits per heavy atom. The van der Waals surface area contributed by atoms with Crippen LogP contribution in [0.2, 0.25) is 0 Å². The number of alkyl halides is 2. The van der Waals surface area contributed by atoms with E-state index in [1.165, 1.54) is 5.56 Å². The molecule has 0 radical (unpaired) electrons. The second kappa shape index (κ2) is 8.96. The quantitative estimate of drug-likeness (QED) is 0.703. The van der Waals surface area contributed by atoms with Gasteiger partial charge < -0.3 is 15.2 Å². The molecule has 0 aliphatic rings. The Balaban J connectivity index is 2.33. The number of hydrogen-bond acceptors (Lipinski definition) is 3. The highest BCUT2D eigenvalue weighted by molar-refractivity contribution is 5.25. The third kappa shape index (κ3) is 6.61. The summed E-state index contributed by atoms with van der Waals surface area (Å²) in [5, 5.41) is 0. The minimum absolute atomic E-state index is 0.186. The van der Waals surface area contributed by atoms with E-state index in [0.29, 0.717) is 13.0 Å². The molecule has 0 spiro atoms. The Kier molecular flexibility index (Phi) is 7.55. The topological polar surface area (TPSA) is 44.5 Å². The van der Waals surface area contributed by atoms with E-state index in [1.807, 2.05) is 24.3 Å². The fraction of sp³-hybridized carbons (Fsp3) is 0.571. The summed E-state index contributed by atoms with van der Waals surface area (Å²) >= 11 is 0. The zero-order valence-electron chi connectivity index (χ0n) is 11.1. The second-order valence-electron chi connectivity index (χ2n) is 4.35. The van der Waals surface area contributed by atoms with Gasteiger partial charge in [-0.1, -0.05) is 24.3 Å². The Hall–Kier alpha value is -1.04. The van der Waals surface area contributed by atoms with Crippen LogP contribution in [-0.4, -0.2) is 33.4 Å². The predicted octanol–water partition coefficient (Wildman–Crippen LogP) is 2.55. The molecule has 0 fully saturated rings. The first-order chi connectivity index (χ1) is 9.13. The lowest BCUT2D eigenvalue weighted by Crippen LogP contribution is -2.14. The minimum Gasteiger partial charge on any atom is -0.384 e. The lowest BCUT2D eigenvalue weighted by molar-refractivity contribution is 0.0152. The Morgan fingerprint density at radius 2 is 1.84 bits per heavy atom. The van der Waals surface area contributed by atoms with Crippen molar-refractivity contribution in [3.63, 3.8) is 0 Å². The molecule has 108 valence electrons. The molecule has 0 aromatic heterocycles. The summed E-state index contributed by atoms with van der Waals surface area (Å²) in [4.78, 5) is 0. The third-order valence-corrected chi connectivity index (χ3v) is 2.82. The fourth-order valence-corrected chi connectivity index (χ4v) is 1.70. The van der Waals surface area contributed by atoms with E-state index in [9.17, 15) is 8.78 Å². The molecule has 1 atom stereocenters. The van der Waals surface area contributed by atoms with E-state index in [2.05, 4.69) is 0 Å². The van der Waals surface area contributed by atoms with Crippen LogP contribution in [0, 0.1) is 0 Å². The van der Waals surface area contributed by atoms with E-state index in [4.69, 9.17) is 15.2 Å². The molecule has 2 N–H and O–H groups in total. The highest BCUT2D eigenvalue weighted by Crippen LogP contribution is 2.15. The average Bonchev–Trinajstić information content (AvgIpc) is 2.41. The molecule has 0 aliphatic carbocycles. The molecule has 0 amide bonds. The Morgan fingerprint density at radius 1 is 1.16 bits per heavy atom. The van der Waals surface area contributed by atoms with Crippen LogP contribution in [0.1, 0.15) is 23.6 Å². The van der Waals surface area contributed by atoms with Crippen molar-refractivity contribution in [2.24, 2.45) is 5.73 Å². The van der Waals surface area contributed by atoms with Gasteiger partial charge in [0.1, 0.15) is 6.61 Å². The first-order valence-electron chi connectivity index (χ1n) is 6.32. The summed E-state index contributed by atoms with van der Waals surface area (Å²) in [6.45, 7) is 0.409. The molecule has 1 aromatic rings. The summed E-state index contributed by atoms with van der Waals surface area (Å²) in [5.74, 6) is 0. The number of methoxy groups -OCH3 is 1. The number of rotatable bonds is 9. The maximum atomic E-state index is 11.9. The summed E-state index contributed by atoms with van der Waals surface area (Å²) in [6, 6.07) is 7.75. The first-order valence-corrected chi connectivity index (χ1v) is 6.32. The molecule has 1 rings (SSSR count). The van der Waals surface area contributed by atoms with E-state index in [1.54, 1.807) is 7.11 Å². The number of halogens is 2. The van der Waals surface area contributed by atoms with Crippen molar-refractivity contribution < 1.29 is 18.3 Å². The molecule has 1 unspecified atom stereocenters. The standard InChI is InChI=1S/C14H21F2NO2/c1-18-8-6-11-2-4-12(5-3-11)13(17)7-9-19-10-14(15)16/h2-5,13-14H,6-10,17H2,1H3. The third-order valence-electron chi connectivity index (χ3n) is 2.82. The normalized spacial score (nSPS) is 12.9. The smallest absolute Gasteiger partial charge is 0.261 e. The zero-order valence-corrected chi connectivity index (χ0v) is 11.1. The van der Waals surface area contributed by atoms with Gasteiger partial charge in [0.2, 0.25) is 0 Å². The summed E-state index contributed by atoms with van der Waals surface area (Å²) in [6.07, 6.45) is -1.02. The maximum absolute atomic E-state index is 11.9. The van der Waals surface area contributed by atoms with Gasteiger partial charge >= 0.3 is 0 Å². The minimum atomic E-state index is -2.42. The summed E-state index contributed by atoms with van der Waals surface area (Å²) < 4.78 is 33.5. The van der Waals surface area contributed by atoms with Gasteiger partial charge in [-0.15, -0.1) is 0 Å². The highest BCUT2D eigenvalue weighted by Gasteiger charge is 2.07. The van der Waals surface area contributed by atoms with E-state index in [-0.39, 0.29) is 12.6 Å². The van der Waals surface area contributed by atoms with Crippen molar-refractivity contribution in [3.8, 4) is 0 Å². The van der Waals surface area contributed by atoms with Crippen LogP contribution in [0.5, 0.6) is 0 Å². The molecular formula is C14H21F2NO2. The van der Waals surface area contributed by atoms with Crippen molar-refractivity contribution in [2.75, 3.05) is 26.9 Å². The molecular weight excluding hydrogens is 252 g/mol. The van der Waals surface area contributed by atoms with Gasteiger partial charge in [-0.2, -0.15) is 0 Å². The fourth-order valence-electron chi connectivity index (χ4n) is 1.70. The lowest BCUT2D eigenvalue weighted by Gasteiger charge is -2.13. The van der Waals surface area contributed by atoms with Gasteiger partial charge in [-0.05, 0) is 24.0 Å². The van der Waals surface area contributed by atoms with Crippen LogP contribution in [0.3, 0.4) is 0 Å². The van der Waals surface area contributed by atoms with Crippen molar-refractivity contribution >= 4 is 0 Å². The SMILES string of the molecule is COCCc1ccc(C(N)CCOCC(F)F)cc1. The lowest BCUT2D eigenvalue weighted by atomic mass is 10.0. The maximum Gasteiger partial charge on any atom is 0.261 e. The molecule has 19 heavy (non-hydrogen) atoms. The number of hydrogen-bond donors (Lipinski definition) is 1. The van der Waals surface area contributed by atoms with Gasteiger partial charge in [-0.25, -0.2) is 8.78 Å². The molecule has 0 heterocycles. The molecule has 0 aliphatic heterocycles. The average molecular weight is 273 g/mol. The van der Waals surface area contributed by atoms with Crippen LogP contribution in [0.15, 0.2) is 24.3 Å². The van der Waals surface area contributed by atoms with Crippen molar-refractivity contribution in [2.45, 2.75) is 25.3 Å². The van der Waals surface area contributed by atoms with Crippen LogP contribution in [-0.2, 0) is 15.9 Å². The van der Waals surface area contributed by atoms with Gasteiger partial charge in [0.05, 0.1) is 6.61 Å². The van der Waals surface area contributed by atoms with Gasteiger partial charge in [-0.3, -0.25) is 0 Å². The Labute approximate surface area is 112 Å². The highest BCUT2D eigenvalue weighted by atomic mass is 19.3. The monoisotopic (exact) mass is 273 g/mol. The van der Waals surface area contributed by atoms with E-state index in [0.717, 1.165) is 12.0 Å². The molecule has 0 saturated heterocycles. The predicted molar refractivity (Wildman–Crippen MR) is 70.4 cm³/mol. The van der Waals surface area contributed by atoms with E-state index < -0.39 is 13.0 Å². The van der Waals surface area contributed by atoms with Gasteiger partial charge in [0.25, 0.3) is 6.43 Å². The van der Waals surface area contributed by atoms with Crippen molar-refractivity contribution in [3.05, 3.63) is 35.4 Å². The van der Waals surface area contributed by atoms with Crippen LogP contribution < -0.4 is 5.73 Å². The summed E-state index contributed by atoms with van der Waals surface area (Å²) in [5.41, 5.74) is 8.14. The molecule has 0 saturated carbocycles. The van der Waals surface area contributed by atoms with Gasteiger partial charge in [0, 0.05) is 19.8 Å². The number of benzene rings is 1. The molecule has 5 heteroatoms. The van der Waals surface area contributed by atoms with Crippen molar-refractivity contribution in [1.29, 1.82) is 0 Å². The van der Waals surface area contributed by atoms with E-state index >= 15 is 0 Å². The van der Waals surface area contributed by atoms with Crippen LogP contribution in [0.25, 0.3) is 0 Å². The largest absolute Gasteiger partial charge is 0.384 e. The zero-order chi connectivity index (χ0) is 14.1. The summed E-state index contributed by atoms with van der Waals surface area (Å²) in [7, 11) is 1.67. The molecule has 3 nitrogen and oxygen atoms in total. The van der Waals surface area contributed by atoms with Crippen molar-refractivity contribution in [1.82, 2.24) is 0 Å². The van der Waals surface area contributed by atoms with Gasteiger partial charge in [0.15, 0.2) is 0 Å². The Bertz CT molecular complexity index is 344.